The van der Waals surface area contributed by atoms with Crippen LogP contribution in [0.3, 0.4) is 0 Å². The Morgan fingerprint density at radius 2 is 1.84 bits per heavy atom. The van der Waals surface area contributed by atoms with Crippen molar-refractivity contribution < 1.29 is 42.1 Å². The van der Waals surface area contributed by atoms with Gasteiger partial charge >= 0.3 is 27.1 Å². The van der Waals surface area contributed by atoms with Gasteiger partial charge in [-0.05, 0) is 26.0 Å². The van der Waals surface area contributed by atoms with E-state index in [0.717, 1.165) is 4.57 Å². The Morgan fingerprint density at radius 3 is 2.47 bits per heavy atom. The number of aliphatic hydroxyl groups excluding tert-OH is 1. The lowest BCUT2D eigenvalue weighted by Gasteiger charge is -2.30. The highest BCUT2D eigenvalue weighted by Gasteiger charge is 2.49. The van der Waals surface area contributed by atoms with Gasteiger partial charge < -0.3 is 19.1 Å². The Balaban J connectivity index is 1.28. The Hall–Kier alpha value is -3.09. The molecule has 18 heteroatoms. The molecule has 3 aliphatic rings. The molecule has 5 rings (SSSR count). The van der Waals surface area contributed by atoms with Gasteiger partial charge in [-0.3, -0.25) is 32.8 Å². The van der Waals surface area contributed by atoms with Crippen LogP contribution in [0.1, 0.15) is 32.1 Å². The summed E-state index contributed by atoms with van der Waals surface area (Å²) >= 11 is 0. The van der Waals surface area contributed by atoms with Crippen molar-refractivity contribution in [3.8, 4) is 17.6 Å². The molecule has 45 heavy (non-hydrogen) atoms. The van der Waals surface area contributed by atoms with Gasteiger partial charge in [0.1, 0.15) is 35.8 Å². The second-order valence-corrected chi connectivity index (χ2v) is 14.9. The molecule has 1 aromatic heterocycles. The zero-order valence-corrected chi connectivity index (χ0v) is 26.7. The van der Waals surface area contributed by atoms with Gasteiger partial charge in [0.25, 0.3) is 5.56 Å². The summed E-state index contributed by atoms with van der Waals surface area (Å²) in [5.74, 6) is 4.81. The van der Waals surface area contributed by atoms with E-state index >= 15 is 0 Å². The van der Waals surface area contributed by atoms with E-state index < -0.39 is 63.2 Å². The third-order valence-electron chi connectivity index (χ3n) is 7.30. The largest absolute Gasteiger partial charge is 0.468 e. The highest BCUT2D eigenvalue weighted by molar-refractivity contribution is 7.54. The Morgan fingerprint density at radius 1 is 1.18 bits per heavy atom. The van der Waals surface area contributed by atoms with Crippen LogP contribution in [0.15, 0.2) is 46.1 Å². The number of ether oxygens (including phenoxy) is 2. The van der Waals surface area contributed by atoms with Crippen molar-refractivity contribution in [2.24, 2.45) is 0 Å². The standard InChI is InChI=1S/C27H35N5O11P2/c1-19(25(35)39-3)29-44(37,43-21-9-5-4-6-10-21)41-18-27(2)22(33)16-23(42-27)32-17-20(24(34)28-26(32)36)8-7-15-40-45(38,30-11-12-30)31-13-14-31/h4-6,9-10,17,19,22-23,33H,11-16,18H2,1-3H3,(H,29,37)(H,28,34,36)/t19-,22-,23?,27?,44?/m0/s1. The number of nitrogens with zero attached hydrogens (tertiary/aromatic N) is 3. The van der Waals surface area contributed by atoms with Gasteiger partial charge in [-0.2, -0.15) is 5.09 Å². The topological polar surface area (TPSA) is 190 Å². The molecule has 3 fully saturated rings. The number of para-hydroxylation sites is 1. The van der Waals surface area contributed by atoms with Crippen molar-refractivity contribution in [3.05, 3.63) is 62.9 Å². The summed E-state index contributed by atoms with van der Waals surface area (Å²) in [6.07, 6.45) is -1.16. The van der Waals surface area contributed by atoms with E-state index in [0.29, 0.717) is 26.2 Å². The summed E-state index contributed by atoms with van der Waals surface area (Å²) in [5, 5.41) is 13.5. The van der Waals surface area contributed by atoms with E-state index in [-0.39, 0.29) is 24.3 Å². The molecular formula is C27H35N5O11P2. The lowest BCUT2D eigenvalue weighted by Crippen LogP contribution is -2.42. The fourth-order valence-corrected chi connectivity index (χ4v) is 8.23. The average molecular weight is 668 g/mol. The normalized spacial score (nSPS) is 25.1. The molecule has 1 aromatic carbocycles. The van der Waals surface area contributed by atoms with Gasteiger partial charge in [-0.1, -0.05) is 30.0 Å². The number of esters is 1. The lowest BCUT2D eigenvalue weighted by molar-refractivity contribution is -0.142. The molecule has 16 nitrogen and oxygen atoms in total. The molecule has 3 aliphatic heterocycles. The smallest absolute Gasteiger partial charge is 0.459 e. The SMILES string of the molecule is COC(=O)[C@H](C)NP(=O)(OCC1(C)OC(n2cc(C#CCOP(=O)(N3CC3)N3CC3)c(=O)[nH]c2=O)C[C@@H]1O)Oc1ccccc1. The highest BCUT2D eigenvalue weighted by atomic mass is 31.2. The monoisotopic (exact) mass is 667 g/mol. The number of hydrogen-bond donors (Lipinski definition) is 3. The maximum atomic E-state index is 13.7. The summed E-state index contributed by atoms with van der Waals surface area (Å²) < 4.78 is 58.9. The number of aromatic nitrogens is 2. The van der Waals surface area contributed by atoms with Gasteiger partial charge in [0.05, 0.1) is 19.8 Å². The van der Waals surface area contributed by atoms with Gasteiger partial charge in [0, 0.05) is 38.8 Å². The number of aromatic amines is 1. The van der Waals surface area contributed by atoms with Crippen LogP contribution >= 0.6 is 15.4 Å². The van der Waals surface area contributed by atoms with Gasteiger partial charge in [-0.25, -0.2) is 18.7 Å². The van der Waals surface area contributed by atoms with Crippen LogP contribution in [0.4, 0.5) is 0 Å². The van der Waals surface area contributed by atoms with E-state index in [2.05, 4.69) is 21.9 Å². The summed E-state index contributed by atoms with van der Waals surface area (Å²) in [4.78, 5) is 39.4. The maximum absolute atomic E-state index is 13.7. The highest BCUT2D eigenvalue weighted by Crippen LogP contribution is 2.60. The van der Waals surface area contributed by atoms with E-state index in [9.17, 15) is 28.6 Å². The molecule has 4 heterocycles. The molecule has 0 aliphatic carbocycles. The first-order chi connectivity index (χ1) is 21.4. The summed E-state index contributed by atoms with van der Waals surface area (Å²) in [6.45, 7) is 4.98. The molecule has 0 radical (unpaired) electrons. The molecule has 2 aromatic rings. The van der Waals surface area contributed by atoms with E-state index in [1.807, 2.05) is 0 Å². The number of methoxy groups -OCH3 is 1. The van der Waals surface area contributed by atoms with Crippen LogP contribution in [0.5, 0.6) is 5.75 Å². The molecule has 0 amide bonds. The van der Waals surface area contributed by atoms with Crippen molar-refractivity contribution in [3.63, 3.8) is 0 Å². The number of hydrogen-bond acceptors (Lipinski definition) is 11. The molecular weight excluding hydrogens is 632 g/mol. The van der Waals surface area contributed by atoms with Gasteiger partial charge in [0.15, 0.2) is 0 Å². The fourth-order valence-electron chi connectivity index (χ4n) is 4.54. The second kappa shape index (κ2) is 13.3. The van der Waals surface area contributed by atoms with Crippen molar-refractivity contribution >= 4 is 21.4 Å². The van der Waals surface area contributed by atoms with Crippen molar-refractivity contribution in [1.82, 2.24) is 24.0 Å². The Kier molecular flexibility index (Phi) is 9.86. The number of carbonyl (C=O) groups is 1. The first-order valence-electron chi connectivity index (χ1n) is 14.2. The van der Waals surface area contributed by atoms with Crippen LogP contribution in [0.25, 0.3) is 0 Å². The van der Waals surface area contributed by atoms with Crippen LogP contribution in [0, 0.1) is 11.8 Å². The summed E-state index contributed by atoms with van der Waals surface area (Å²) in [7, 11) is -6.15. The van der Waals surface area contributed by atoms with E-state index in [1.54, 1.807) is 39.7 Å². The van der Waals surface area contributed by atoms with Crippen molar-refractivity contribution in [1.29, 1.82) is 0 Å². The molecule has 3 N–H and O–H groups in total. The average Bonchev–Trinajstić information content (AvgIpc) is 3.92. The quantitative estimate of drug-likeness (QED) is 0.119. The van der Waals surface area contributed by atoms with Crippen molar-refractivity contribution in [2.45, 2.75) is 44.2 Å². The minimum atomic E-state index is -4.25. The molecule has 0 bridgehead atoms. The van der Waals surface area contributed by atoms with Crippen LogP contribution in [0.2, 0.25) is 0 Å². The maximum Gasteiger partial charge on any atom is 0.459 e. The first-order valence-corrected chi connectivity index (χ1v) is 17.2. The molecule has 0 saturated carbocycles. The molecule has 3 unspecified atom stereocenters. The summed E-state index contributed by atoms with van der Waals surface area (Å²) in [5.41, 5.74) is -3.11. The number of H-pyrrole nitrogens is 1. The number of nitrogens with one attached hydrogen (secondary N) is 2. The number of aliphatic hydroxyl groups is 1. The van der Waals surface area contributed by atoms with E-state index in [1.165, 1.54) is 27.2 Å². The Bertz CT molecular complexity index is 1670. The van der Waals surface area contributed by atoms with Crippen LogP contribution in [-0.2, 0) is 32.4 Å². The molecule has 244 valence electrons. The fraction of sp³-hybridized carbons (Fsp3) is 0.519. The minimum absolute atomic E-state index is 0.0730. The second-order valence-electron chi connectivity index (χ2n) is 10.9. The zero-order chi connectivity index (χ0) is 32.4. The van der Waals surface area contributed by atoms with Gasteiger partial charge in [-0.15, -0.1) is 0 Å². The number of carbonyl (C=O) groups excluding carboxylic acids is 1. The van der Waals surface area contributed by atoms with Crippen LogP contribution in [-0.4, -0.2) is 94.2 Å². The molecule has 5 atom stereocenters. The third-order valence-corrected chi connectivity index (χ3v) is 11.6. The van der Waals surface area contributed by atoms with E-state index in [4.69, 9.17) is 23.0 Å². The van der Waals surface area contributed by atoms with Gasteiger partial charge in [0.2, 0.25) is 0 Å². The molecule has 0 spiro atoms. The summed E-state index contributed by atoms with van der Waals surface area (Å²) in [6, 6.07) is 7.06. The predicted octanol–water partition coefficient (Wildman–Crippen LogP) is 1.04. The van der Waals surface area contributed by atoms with Crippen LogP contribution < -0.4 is 20.9 Å². The third kappa shape index (κ3) is 7.84. The zero-order valence-electron chi connectivity index (χ0n) is 24.9. The minimum Gasteiger partial charge on any atom is -0.468 e. The number of rotatable bonds is 13. The first kappa shape index (κ1) is 33.3. The van der Waals surface area contributed by atoms with Crippen molar-refractivity contribution in [2.75, 3.05) is 46.5 Å². The Labute approximate surface area is 258 Å². The lowest BCUT2D eigenvalue weighted by atomic mass is 10.0. The number of benzene rings is 1. The predicted molar refractivity (Wildman–Crippen MR) is 159 cm³/mol. The molecule has 3 saturated heterocycles.